The molecule has 2 heterocycles. The smallest absolute Gasteiger partial charge is 0.339 e. The molecule has 0 aliphatic carbocycles. The minimum Gasteiger partial charge on any atom is -0.478 e. The van der Waals surface area contributed by atoms with E-state index in [9.17, 15) is 4.79 Å². The molecule has 5 heteroatoms. The van der Waals surface area contributed by atoms with Crippen molar-refractivity contribution in [2.45, 2.75) is 0 Å². The van der Waals surface area contributed by atoms with Crippen LogP contribution in [0.2, 0.25) is 5.15 Å². The Labute approximate surface area is 96.6 Å². The predicted molar refractivity (Wildman–Crippen MR) is 59.4 cm³/mol. The molecule has 2 aromatic heterocycles. The van der Waals surface area contributed by atoms with E-state index in [1.54, 1.807) is 30.6 Å². The lowest BCUT2D eigenvalue weighted by atomic mass is 10.0. The number of hydrogen-bond donors (Lipinski definition) is 1. The molecule has 0 unspecified atom stereocenters. The van der Waals surface area contributed by atoms with Crippen molar-refractivity contribution in [2.75, 3.05) is 0 Å². The van der Waals surface area contributed by atoms with Gasteiger partial charge in [-0.2, -0.15) is 0 Å². The molecule has 0 saturated carbocycles. The summed E-state index contributed by atoms with van der Waals surface area (Å²) in [6.07, 6.45) is 4.66. The third-order valence-corrected chi connectivity index (χ3v) is 2.40. The molecule has 16 heavy (non-hydrogen) atoms. The summed E-state index contributed by atoms with van der Waals surface area (Å²) >= 11 is 5.77. The molecule has 0 aliphatic rings. The fraction of sp³-hybridized carbons (Fsp3) is 0. The zero-order chi connectivity index (χ0) is 11.5. The Kier molecular flexibility index (Phi) is 2.83. The molecular formula is C11H7ClN2O2. The lowest BCUT2D eigenvalue weighted by Gasteiger charge is -2.06. The second-order valence-electron chi connectivity index (χ2n) is 3.07. The highest BCUT2D eigenvalue weighted by atomic mass is 35.5. The highest BCUT2D eigenvalue weighted by molar-refractivity contribution is 6.33. The number of pyridine rings is 2. The summed E-state index contributed by atoms with van der Waals surface area (Å²) < 4.78 is 0. The van der Waals surface area contributed by atoms with Gasteiger partial charge in [0.1, 0.15) is 10.7 Å². The van der Waals surface area contributed by atoms with Gasteiger partial charge in [0, 0.05) is 24.2 Å². The van der Waals surface area contributed by atoms with Crippen molar-refractivity contribution in [3.05, 3.63) is 47.5 Å². The summed E-state index contributed by atoms with van der Waals surface area (Å²) in [5.41, 5.74) is 1.29. The van der Waals surface area contributed by atoms with Gasteiger partial charge in [-0.1, -0.05) is 11.6 Å². The number of aromatic carboxylic acids is 1. The van der Waals surface area contributed by atoms with Gasteiger partial charge in [0.25, 0.3) is 0 Å². The first-order valence-electron chi connectivity index (χ1n) is 4.48. The van der Waals surface area contributed by atoms with Crippen LogP contribution in [-0.4, -0.2) is 21.0 Å². The van der Waals surface area contributed by atoms with Gasteiger partial charge in [0.15, 0.2) is 0 Å². The number of carboxylic acid groups (broad SMARTS) is 1. The van der Waals surface area contributed by atoms with Crippen molar-refractivity contribution >= 4 is 17.6 Å². The fourth-order valence-corrected chi connectivity index (χ4v) is 1.65. The summed E-state index contributed by atoms with van der Waals surface area (Å²) in [4.78, 5) is 18.7. The van der Waals surface area contributed by atoms with Crippen LogP contribution in [0.25, 0.3) is 11.1 Å². The number of carboxylic acids is 1. The molecule has 80 valence electrons. The van der Waals surface area contributed by atoms with E-state index in [1.807, 2.05) is 0 Å². The van der Waals surface area contributed by atoms with E-state index in [0.717, 1.165) is 5.56 Å². The second-order valence-corrected chi connectivity index (χ2v) is 3.42. The molecule has 0 spiro atoms. The second kappa shape index (κ2) is 4.28. The van der Waals surface area contributed by atoms with E-state index >= 15 is 0 Å². The van der Waals surface area contributed by atoms with Gasteiger partial charge in [-0.05, 0) is 23.8 Å². The van der Waals surface area contributed by atoms with E-state index in [0.29, 0.717) is 5.56 Å². The van der Waals surface area contributed by atoms with Crippen LogP contribution in [0.1, 0.15) is 10.4 Å². The average Bonchev–Trinajstić information content (AvgIpc) is 2.29. The summed E-state index contributed by atoms with van der Waals surface area (Å²) in [6, 6.07) is 5.06. The summed E-state index contributed by atoms with van der Waals surface area (Å²) in [6.45, 7) is 0. The van der Waals surface area contributed by atoms with Crippen LogP contribution in [0.3, 0.4) is 0 Å². The monoisotopic (exact) mass is 234 g/mol. The van der Waals surface area contributed by atoms with Crippen LogP contribution in [0.15, 0.2) is 36.8 Å². The quantitative estimate of drug-likeness (QED) is 0.811. The Balaban J connectivity index is 2.66. The van der Waals surface area contributed by atoms with Crippen molar-refractivity contribution in [1.82, 2.24) is 9.97 Å². The van der Waals surface area contributed by atoms with Crippen LogP contribution in [0, 0.1) is 0 Å². The van der Waals surface area contributed by atoms with Gasteiger partial charge in [0.05, 0.1) is 0 Å². The van der Waals surface area contributed by atoms with Crippen LogP contribution >= 0.6 is 11.6 Å². The highest BCUT2D eigenvalue weighted by Gasteiger charge is 2.16. The maximum absolute atomic E-state index is 11.1. The molecule has 0 radical (unpaired) electrons. The number of rotatable bonds is 2. The van der Waals surface area contributed by atoms with Crippen molar-refractivity contribution in [3.63, 3.8) is 0 Å². The molecular weight excluding hydrogens is 228 g/mol. The van der Waals surface area contributed by atoms with Gasteiger partial charge in [-0.15, -0.1) is 0 Å². The number of aromatic nitrogens is 2. The topological polar surface area (TPSA) is 63.1 Å². The summed E-state index contributed by atoms with van der Waals surface area (Å²) in [5.74, 6) is -1.09. The van der Waals surface area contributed by atoms with Crippen molar-refractivity contribution in [2.24, 2.45) is 0 Å². The van der Waals surface area contributed by atoms with Gasteiger partial charge in [-0.3, -0.25) is 4.98 Å². The molecule has 2 rings (SSSR count). The first-order chi connectivity index (χ1) is 7.70. The first-order valence-corrected chi connectivity index (χ1v) is 4.86. The van der Waals surface area contributed by atoms with Gasteiger partial charge < -0.3 is 5.11 Å². The van der Waals surface area contributed by atoms with Gasteiger partial charge >= 0.3 is 5.97 Å². The number of hydrogen-bond acceptors (Lipinski definition) is 3. The van der Waals surface area contributed by atoms with Crippen molar-refractivity contribution < 1.29 is 9.90 Å². The normalized spacial score (nSPS) is 10.1. The zero-order valence-corrected chi connectivity index (χ0v) is 8.85. The third-order valence-electron chi connectivity index (χ3n) is 2.11. The molecule has 2 aromatic rings. The van der Waals surface area contributed by atoms with Gasteiger partial charge in [-0.25, -0.2) is 9.78 Å². The Bertz CT molecular complexity index is 529. The van der Waals surface area contributed by atoms with E-state index < -0.39 is 5.97 Å². The number of halogens is 1. The van der Waals surface area contributed by atoms with E-state index in [4.69, 9.17) is 16.7 Å². The van der Waals surface area contributed by atoms with E-state index in [1.165, 1.54) is 6.20 Å². The molecule has 4 nitrogen and oxygen atoms in total. The Hall–Kier alpha value is -1.94. The minimum absolute atomic E-state index is 0.00960. The molecule has 0 saturated heterocycles. The lowest BCUT2D eigenvalue weighted by Crippen LogP contribution is -2.02. The standard InChI is InChI=1S/C11H7ClN2O2/c12-10-9(11(15)16)8(3-6-14-10)7-1-4-13-5-2-7/h1-6H,(H,15,16). The molecule has 0 amide bonds. The molecule has 0 aliphatic heterocycles. The van der Waals surface area contributed by atoms with E-state index in [2.05, 4.69) is 9.97 Å². The maximum Gasteiger partial charge on any atom is 0.339 e. The largest absolute Gasteiger partial charge is 0.478 e. The number of nitrogens with zero attached hydrogens (tertiary/aromatic N) is 2. The van der Waals surface area contributed by atoms with Crippen LogP contribution in [0.5, 0.6) is 0 Å². The van der Waals surface area contributed by atoms with Crippen LogP contribution < -0.4 is 0 Å². The Morgan fingerprint density at radius 3 is 2.50 bits per heavy atom. The highest BCUT2D eigenvalue weighted by Crippen LogP contribution is 2.26. The van der Waals surface area contributed by atoms with Crippen molar-refractivity contribution in [1.29, 1.82) is 0 Å². The lowest BCUT2D eigenvalue weighted by molar-refractivity contribution is 0.0697. The van der Waals surface area contributed by atoms with E-state index in [-0.39, 0.29) is 10.7 Å². The average molecular weight is 235 g/mol. The maximum atomic E-state index is 11.1. The van der Waals surface area contributed by atoms with Crippen molar-refractivity contribution in [3.8, 4) is 11.1 Å². The summed E-state index contributed by atoms with van der Waals surface area (Å²) in [5, 5.41) is 9.06. The van der Waals surface area contributed by atoms with Crippen LogP contribution in [-0.2, 0) is 0 Å². The fourth-order valence-electron chi connectivity index (χ4n) is 1.41. The molecule has 0 atom stereocenters. The first kappa shape index (κ1) is 10.6. The number of carbonyl (C=O) groups is 1. The Morgan fingerprint density at radius 2 is 1.88 bits per heavy atom. The zero-order valence-electron chi connectivity index (χ0n) is 8.09. The molecule has 0 fully saturated rings. The minimum atomic E-state index is -1.09. The SMILES string of the molecule is O=C(O)c1c(-c2ccncc2)ccnc1Cl. The predicted octanol–water partition coefficient (Wildman–Crippen LogP) is 2.50. The van der Waals surface area contributed by atoms with Crippen LogP contribution in [0.4, 0.5) is 0 Å². The molecule has 0 aromatic carbocycles. The Morgan fingerprint density at radius 1 is 1.19 bits per heavy atom. The molecule has 0 bridgehead atoms. The van der Waals surface area contributed by atoms with Gasteiger partial charge in [0.2, 0.25) is 0 Å². The summed E-state index contributed by atoms with van der Waals surface area (Å²) in [7, 11) is 0. The third kappa shape index (κ3) is 1.87. The molecule has 1 N–H and O–H groups in total.